The number of benzene rings is 3. The zero-order valence-corrected chi connectivity index (χ0v) is 18.1. The minimum Gasteiger partial charge on any atom is -0.319 e. The van der Waals surface area contributed by atoms with E-state index < -0.39 is 5.91 Å². The van der Waals surface area contributed by atoms with Gasteiger partial charge in [-0.1, -0.05) is 64.6 Å². The minimum atomic E-state index is -0.487. The van der Waals surface area contributed by atoms with Crippen LogP contribution in [0.3, 0.4) is 0 Å². The van der Waals surface area contributed by atoms with Gasteiger partial charge in [0.15, 0.2) is 5.82 Å². The number of amides is 1. The van der Waals surface area contributed by atoms with E-state index in [0.717, 1.165) is 0 Å². The predicted octanol–water partition coefficient (Wildman–Crippen LogP) is 6.80. The Morgan fingerprint density at radius 2 is 1.57 bits per heavy atom. The minimum absolute atomic E-state index is 0.0315. The molecule has 0 saturated carbocycles. The van der Waals surface area contributed by atoms with Gasteiger partial charge in [-0.3, -0.25) is 4.79 Å². The summed E-state index contributed by atoms with van der Waals surface area (Å²) in [6, 6.07) is 18.9. The van der Waals surface area contributed by atoms with Crippen LogP contribution in [0.1, 0.15) is 10.6 Å². The summed E-state index contributed by atoms with van der Waals surface area (Å²) in [6.45, 7) is 0. The molecule has 4 aromatic rings. The van der Waals surface area contributed by atoms with Crippen LogP contribution in [-0.2, 0) is 0 Å². The molecule has 0 fully saturated rings. The van der Waals surface area contributed by atoms with Gasteiger partial charge in [0, 0.05) is 21.3 Å². The highest BCUT2D eigenvalue weighted by molar-refractivity contribution is 6.42. The topological polar surface area (TPSA) is 59.8 Å². The third-order valence-electron chi connectivity index (χ3n) is 4.12. The van der Waals surface area contributed by atoms with Crippen LogP contribution in [0.2, 0.25) is 20.1 Å². The first-order valence-corrected chi connectivity index (χ1v) is 10.2. The van der Waals surface area contributed by atoms with Crippen molar-refractivity contribution in [2.75, 3.05) is 5.32 Å². The summed E-state index contributed by atoms with van der Waals surface area (Å²) in [4.78, 5) is 17.2. The first-order chi connectivity index (χ1) is 14.4. The van der Waals surface area contributed by atoms with Crippen molar-refractivity contribution in [1.29, 1.82) is 0 Å². The lowest BCUT2D eigenvalue weighted by Crippen LogP contribution is -2.14. The van der Waals surface area contributed by atoms with E-state index in [2.05, 4.69) is 15.4 Å². The van der Waals surface area contributed by atoms with Crippen LogP contribution in [0.5, 0.6) is 0 Å². The molecule has 0 unspecified atom stereocenters. The number of aromatic nitrogens is 3. The number of nitrogens with one attached hydrogen (secondary N) is 1. The van der Waals surface area contributed by atoms with Gasteiger partial charge in [0.1, 0.15) is 0 Å². The van der Waals surface area contributed by atoms with E-state index in [1.54, 1.807) is 60.7 Å². The van der Waals surface area contributed by atoms with Gasteiger partial charge in [-0.2, -0.15) is 0 Å². The van der Waals surface area contributed by atoms with E-state index in [4.69, 9.17) is 46.4 Å². The summed E-state index contributed by atoms with van der Waals surface area (Å²) < 4.78 is 1.51. The Balaban J connectivity index is 1.79. The Kier molecular flexibility index (Phi) is 5.97. The molecule has 0 aliphatic rings. The Bertz CT molecular complexity index is 1260. The fourth-order valence-electron chi connectivity index (χ4n) is 2.77. The van der Waals surface area contributed by atoms with Gasteiger partial charge < -0.3 is 5.32 Å². The largest absolute Gasteiger partial charge is 0.319 e. The second-order valence-corrected chi connectivity index (χ2v) is 7.93. The van der Waals surface area contributed by atoms with Gasteiger partial charge in [-0.15, -0.1) is 5.10 Å². The Morgan fingerprint density at radius 1 is 0.833 bits per heavy atom. The first-order valence-electron chi connectivity index (χ1n) is 8.66. The van der Waals surface area contributed by atoms with E-state index in [1.807, 2.05) is 6.07 Å². The third-order valence-corrected chi connectivity index (χ3v) is 5.33. The number of halogens is 4. The molecular weight excluding hydrogens is 466 g/mol. The first kappa shape index (κ1) is 20.7. The molecule has 0 atom stereocenters. The molecule has 0 aliphatic heterocycles. The zero-order chi connectivity index (χ0) is 21.3. The lowest BCUT2D eigenvalue weighted by Gasteiger charge is -2.07. The quantitative estimate of drug-likeness (QED) is 0.351. The van der Waals surface area contributed by atoms with Crippen LogP contribution in [0.25, 0.3) is 17.1 Å². The summed E-state index contributed by atoms with van der Waals surface area (Å²) in [5.74, 6) is -0.0949. The highest BCUT2D eigenvalue weighted by atomic mass is 35.5. The van der Waals surface area contributed by atoms with Gasteiger partial charge in [-0.05, 0) is 48.5 Å². The van der Waals surface area contributed by atoms with Crippen LogP contribution in [-0.4, -0.2) is 20.7 Å². The number of nitrogens with zero attached hydrogens (tertiary/aromatic N) is 3. The monoisotopic (exact) mass is 476 g/mol. The molecule has 0 radical (unpaired) electrons. The van der Waals surface area contributed by atoms with Gasteiger partial charge in [-0.25, -0.2) is 9.67 Å². The number of rotatable bonds is 4. The molecule has 150 valence electrons. The number of carbonyl (C=O) groups is 1. The molecule has 4 rings (SSSR count). The van der Waals surface area contributed by atoms with Crippen molar-refractivity contribution in [3.63, 3.8) is 0 Å². The molecule has 3 aromatic carbocycles. The Hall–Kier alpha value is -2.57. The maximum absolute atomic E-state index is 12.8. The fraction of sp³-hybridized carbons (Fsp3) is 0. The molecule has 1 N–H and O–H groups in total. The maximum Gasteiger partial charge on any atom is 0.295 e. The van der Waals surface area contributed by atoms with E-state index in [1.165, 1.54) is 4.68 Å². The number of carbonyl (C=O) groups excluding carboxylic acids is 1. The molecule has 5 nitrogen and oxygen atoms in total. The van der Waals surface area contributed by atoms with Gasteiger partial charge in [0.2, 0.25) is 5.82 Å². The van der Waals surface area contributed by atoms with Gasteiger partial charge in [0.05, 0.1) is 15.7 Å². The van der Waals surface area contributed by atoms with Crippen LogP contribution >= 0.6 is 46.4 Å². The number of anilines is 1. The Morgan fingerprint density at radius 3 is 2.27 bits per heavy atom. The second-order valence-electron chi connectivity index (χ2n) is 6.24. The van der Waals surface area contributed by atoms with Crippen LogP contribution < -0.4 is 5.32 Å². The molecular formula is C21H12Cl4N4O. The van der Waals surface area contributed by atoms with Crippen molar-refractivity contribution in [3.8, 4) is 17.1 Å². The lowest BCUT2D eigenvalue weighted by atomic mass is 10.2. The standard InChI is InChI=1S/C21H12Cl4N4O/c22-13-4-1-3-12(9-13)20-27-19(21(30)26-15-6-2-5-14(23)10-15)28-29(20)16-7-8-17(24)18(25)11-16/h1-11H,(H,26,30). The van der Waals surface area contributed by atoms with Crippen molar-refractivity contribution in [3.05, 3.63) is 92.6 Å². The van der Waals surface area contributed by atoms with E-state index in [0.29, 0.717) is 42.9 Å². The number of hydrogen-bond donors (Lipinski definition) is 1. The normalized spacial score (nSPS) is 10.8. The SMILES string of the molecule is O=C(Nc1cccc(Cl)c1)c1nc(-c2cccc(Cl)c2)n(-c2ccc(Cl)c(Cl)c2)n1. The molecule has 1 heterocycles. The second kappa shape index (κ2) is 8.66. The summed E-state index contributed by atoms with van der Waals surface area (Å²) >= 11 is 24.3. The average Bonchev–Trinajstić information content (AvgIpc) is 3.16. The summed E-state index contributed by atoms with van der Waals surface area (Å²) in [7, 11) is 0. The lowest BCUT2D eigenvalue weighted by molar-refractivity contribution is 0.101. The third kappa shape index (κ3) is 4.45. The van der Waals surface area contributed by atoms with Gasteiger partial charge in [0.25, 0.3) is 5.91 Å². The molecule has 1 amide bonds. The van der Waals surface area contributed by atoms with E-state index >= 15 is 0 Å². The molecule has 9 heteroatoms. The molecule has 0 saturated heterocycles. The summed E-state index contributed by atoms with van der Waals surface area (Å²) in [6.07, 6.45) is 0. The predicted molar refractivity (Wildman–Crippen MR) is 121 cm³/mol. The van der Waals surface area contributed by atoms with Crippen molar-refractivity contribution in [1.82, 2.24) is 14.8 Å². The highest BCUT2D eigenvalue weighted by Crippen LogP contribution is 2.28. The Labute approximate surface area is 192 Å². The molecule has 0 aliphatic carbocycles. The van der Waals surface area contributed by atoms with Crippen LogP contribution in [0.15, 0.2) is 66.7 Å². The van der Waals surface area contributed by atoms with E-state index in [9.17, 15) is 4.79 Å². The van der Waals surface area contributed by atoms with Crippen LogP contribution in [0.4, 0.5) is 5.69 Å². The van der Waals surface area contributed by atoms with Crippen molar-refractivity contribution in [2.45, 2.75) is 0 Å². The van der Waals surface area contributed by atoms with Crippen molar-refractivity contribution in [2.24, 2.45) is 0 Å². The average molecular weight is 478 g/mol. The molecule has 30 heavy (non-hydrogen) atoms. The fourth-order valence-corrected chi connectivity index (χ4v) is 3.45. The van der Waals surface area contributed by atoms with Crippen molar-refractivity contribution >= 4 is 58.0 Å². The molecule has 0 spiro atoms. The van der Waals surface area contributed by atoms with Crippen LogP contribution in [0, 0.1) is 0 Å². The smallest absolute Gasteiger partial charge is 0.295 e. The highest BCUT2D eigenvalue weighted by Gasteiger charge is 2.20. The summed E-state index contributed by atoms with van der Waals surface area (Å²) in [5.41, 5.74) is 1.80. The maximum atomic E-state index is 12.8. The summed E-state index contributed by atoms with van der Waals surface area (Å²) in [5, 5.41) is 8.92. The zero-order valence-electron chi connectivity index (χ0n) is 15.1. The molecule has 0 bridgehead atoms. The van der Waals surface area contributed by atoms with Gasteiger partial charge >= 0.3 is 0 Å². The number of hydrogen-bond acceptors (Lipinski definition) is 3. The van der Waals surface area contributed by atoms with Crippen molar-refractivity contribution < 1.29 is 4.79 Å². The van der Waals surface area contributed by atoms with E-state index in [-0.39, 0.29) is 5.82 Å². The molecule has 1 aromatic heterocycles.